The van der Waals surface area contributed by atoms with Crippen LogP contribution in [0.3, 0.4) is 0 Å². The Labute approximate surface area is 129 Å². The Hall–Kier alpha value is -2.02. The molecule has 22 heavy (non-hydrogen) atoms. The van der Waals surface area contributed by atoms with Gasteiger partial charge in [-0.3, -0.25) is 4.79 Å². The maximum absolute atomic E-state index is 12.2. The lowest BCUT2D eigenvalue weighted by molar-refractivity contribution is 0.0919. The average molecular weight is 302 g/mol. The van der Waals surface area contributed by atoms with Crippen molar-refractivity contribution in [1.82, 2.24) is 29.8 Å². The maximum Gasteiger partial charge on any atom is 0.291 e. The van der Waals surface area contributed by atoms with Gasteiger partial charge in [0.25, 0.3) is 11.7 Å². The molecular formula is C15H22N6O. The fourth-order valence-electron chi connectivity index (χ4n) is 2.87. The molecule has 3 rings (SSSR count). The smallest absolute Gasteiger partial charge is 0.291 e. The number of fused-ring (bicyclic) bond motifs is 1. The largest absolute Gasteiger partial charge is 0.346 e. The molecule has 1 saturated heterocycles. The number of likely N-dealkylation sites (tertiary alicyclic amines) is 1. The van der Waals surface area contributed by atoms with Crippen LogP contribution in [0.2, 0.25) is 0 Å². The van der Waals surface area contributed by atoms with Gasteiger partial charge in [-0.2, -0.15) is 4.98 Å². The van der Waals surface area contributed by atoms with Crippen LogP contribution < -0.4 is 5.32 Å². The minimum absolute atomic E-state index is 0.0742. The van der Waals surface area contributed by atoms with Gasteiger partial charge in [0.15, 0.2) is 0 Å². The van der Waals surface area contributed by atoms with E-state index in [2.05, 4.69) is 25.3 Å². The van der Waals surface area contributed by atoms with E-state index in [1.54, 1.807) is 18.5 Å². The highest BCUT2D eigenvalue weighted by Gasteiger charge is 2.18. The summed E-state index contributed by atoms with van der Waals surface area (Å²) in [5, 5.41) is 7.12. The second-order valence-corrected chi connectivity index (χ2v) is 5.89. The maximum atomic E-state index is 12.2. The number of rotatable bonds is 4. The zero-order valence-corrected chi connectivity index (χ0v) is 12.9. The third-order valence-corrected chi connectivity index (χ3v) is 3.93. The third-order valence-electron chi connectivity index (χ3n) is 3.93. The standard InChI is InChI=1S/C15H22N6O/c1-12(11-20-8-4-2-3-5-9-20)17-14(22)13-18-15-16-7-6-10-21(15)19-13/h6-7,10,12H,2-5,8-9,11H2,1H3,(H,17,22)/t12-/m0/s1. The molecule has 0 aromatic carbocycles. The SMILES string of the molecule is C[C@@H](CN1CCCCCC1)NC(=O)c1nc2ncccn2n1. The van der Waals surface area contributed by atoms with E-state index in [1.165, 1.54) is 30.2 Å². The molecule has 2 aromatic rings. The molecule has 1 aliphatic heterocycles. The molecular weight excluding hydrogens is 280 g/mol. The topological polar surface area (TPSA) is 75.4 Å². The highest BCUT2D eigenvalue weighted by atomic mass is 16.2. The van der Waals surface area contributed by atoms with Gasteiger partial charge in [0, 0.05) is 25.0 Å². The first kappa shape index (κ1) is 14.9. The zero-order chi connectivity index (χ0) is 15.4. The number of carbonyl (C=O) groups is 1. The van der Waals surface area contributed by atoms with E-state index in [0.29, 0.717) is 5.78 Å². The zero-order valence-electron chi connectivity index (χ0n) is 12.9. The molecule has 1 atom stereocenters. The summed E-state index contributed by atoms with van der Waals surface area (Å²) in [5.74, 6) is 0.363. The van der Waals surface area contributed by atoms with E-state index in [0.717, 1.165) is 19.6 Å². The molecule has 0 spiro atoms. The summed E-state index contributed by atoms with van der Waals surface area (Å²) >= 11 is 0. The van der Waals surface area contributed by atoms with Crippen LogP contribution in [-0.2, 0) is 0 Å². The molecule has 7 heteroatoms. The fourth-order valence-corrected chi connectivity index (χ4v) is 2.87. The number of nitrogens with one attached hydrogen (secondary N) is 1. The summed E-state index contributed by atoms with van der Waals surface area (Å²) < 4.78 is 1.51. The molecule has 2 aromatic heterocycles. The lowest BCUT2D eigenvalue weighted by atomic mass is 10.2. The van der Waals surface area contributed by atoms with Crippen molar-refractivity contribution in [3.8, 4) is 0 Å². The Balaban J connectivity index is 1.58. The van der Waals surface area contributed by atoms with Gasteiger partial charge >= 0.3 is 0 Å². The van der Waals surface area contributed by atoms with Crippen molar-refractivity contribution in [2.45, 2.75) is 38.6 Å². The van der Waals surface area contributed by atoms with E-state index < -0.39 is 0 Å². The molecule has 0 saturated carbocycles. The van der Waals surface area contributed by atoms with E-state index in [-0.39, 0.29) is 17.8 Å². The second kappa shape index (κ2) is 6.83. The van der Waals surface area contributed by atoms with Crippen LogP contribution in [-0.4, -0.2) is 56.1 Å². The fraction of sp³-hybridized carbons (Fsp3) is 0.600. The van der Waals surface area contributed by atoms with Crippen LogP contribution in [0, 0.1) is 0 Å². The average Bonchev–Trinajstić information content (AvgIpc) is 2.79. The summed E-state index contributed by atoms with van der Waals surface area (Å²) in [5.41, 5.74) is 0. The Morgan fingerprint density at radius 2 is 2.09 bits per heavy atom. The third kappa shape index (κ3) is 3.59. The molecule has 3 heterocycles. The van der Waals surface area contributed by atoms with Gasteiger partial charge in [0.2, 0.25) is 5.82 Å². The van der Waals surface area contributed by atoms with Crippen molar-refractivity contribution in [2.24, 2.45) is 0 Å². The van der Waals surface area contributed by atoms with Gasteiger partial charge < -0.3 is 10.2 Å². The van der Waals surface area contributed by atoms with Gasteiger partial charge in [0.1, 0.15) is 0 Å². The Morgan fingerprint density at radius 3 is 2.82 bits per heavy atom. The summed E-state index contributed by atoms with van der Waals surface area (Å²) in [7, 11) is 0. The molecule has 1 aliphatic rings. The molecule has 1 amide bonds. The van der Waals surface area contributed by atoms with Crippen molar-refractivity contribution in [2.75, 3.05) is 19.6 Å². The van der Waals surface area contributed by atoms with Crippen LogP contribution in [0.5, 0.6) is 0 Å². The normalized spacial score (nSPS) is 18.0. The summed E-state index contributed by atoms with van der Waals surface area (Å²) in [4.78, 5) is 22.9. The first-order chi connectivity index (χ1) is 10.7. The van der Waals surface area contributed by atoms with Crippen LogP contribution in [0.4, 0.5) is 0 Å². The monoisotopic (exact) mass is 302 g/mol. The van der Waals surface area contributed by atoms with Crippen LogP contribution in [0.1, 0.15) is 43.2 Å². The predicted octanol–water partition coefficient (Wildman–Crippen LogP) is 1.12. The van der Waals surface area contributed by atoms with Gasteiger partial charge in [-0.05, 0) is 38.9 Å². The Morgan fingerprint density at radius 1 is 1.32 bits per heavy atom. The lowest BCUT2D eigenvalue weighted by Crippen LogP contribution is -2.42. The lowest BCUT2D eigenvalue weighted by Gasteiger charge is -2.24. The number of aromatic nitrogens is 4. The van der Waals surface area contributed by atoms with Crippen molar-refractivity contribution in [3.63, 3.8) is 0 Å². The molecule has 1 N–H and O–H groups in total. The number of amides is 1. The summed E-state index contributed by atoms with van der Waals surface area (Å²) in [6.07, 6.45) is 8.49. The summed E-state index contributed by atoms with van der Waals surface area (Å²) in [6.45, 7) is 5.14. The van der Waals surface area contributed by atoms with Gasteiger partial charge in [-0.1, -0.05) is 12.8 Å². The Bertz CT molecular complexity index is 599. The molecule has 0 bridgehead atoms. The van der Waals surface area contributed by atoms with Gasteiger partial charge in [-0.15, -0.1) is 5.10 Å². The predicted molar refractivity (Wildman–Crippen MR) is 82.6 cm³/mol. The van der Waals surface area contributed by atoms with Crippen molar-refractivity contribution >= 4 is 11.7 Å². The van der Waals surface area contributed by atoms with Crippen LogP contribution >= 0.6 is 0 Å². The van der Waals surface area contributed by atoms with E-state index in [9.17, 15) is 4.79 Å². The first-order valence-electron chi connectivity index (χ1n) is 7.93. The van der Waals surface area contributed by atoms with Crippen molar-refractivity contribution in [3.05, 3.63) is 24.3 Å². The number of nitrogens with zero attached hydrogens (tertiary/aromatic N) is 5. The molecule has 0 unspecified atom stereocenters. The number of hydrogen-bond donors (Lipinski definition) is 1. The van der Waals surface area contributed by atoms with E-state index in [4.69, 9.17) is 0 Å². The van der Waals surface area contributed by atoms with Gasteiger partial charge in [0.05, 0.1) is 0 Å². The minimum atomic E-state index is -0.243. The van der Waals surface area contributed by atoms with Crippen molar-refractivity contribution in [1.29, 1.82) is 0 Å². The summed E-state index contributed by atoms with van der Waals surface area (Å²) in [6, 6.07) is 1.83. The molecule has 0 radical (unpaired) electrons. The quantitative estimate of drug-likeness (QED) is 0.916. The molecule has 118 valence electrons. The van der Waals surface area contributed by atoms with Crippen LogP contribution in [0.25, 0.3) is 5.78 Å². The van der Waals surface area contributed by atoms with E-state index in [1.807, 2.05) is 6.92 Å². The molecule has 0 aliphatic carbocycles. The van der Waals surface area contributed by atoms with Crippen LogP contribution in [0.15, 0.2) is 18.5 Å². The number of hydrogen-bond acceptors (Lipinski definition) is 5. The first-order valence-corrected chi connectivity index (χ1v) is 7.93. The minimum Gasteiger partial charge on any atom is -0.346 e. The van der Waals surface area contributed by atoms with E-state index >= 15 is 0 Å². The van der Waals surface area contributed by atoms with Gasteiger partial charge in [-0.25, -0.2) is 9.50 Å². The highest BCUT2D eigenvalue weighted by molar-refractivity contribution is 5.90. The number of carbonyl (C=O) groups excluding carboxylic acids is 1. The second-order valence-electron chi connectivity index (χ2n) is 5.89. The highest BCUT2D eigenvalue weighted by Crippen LogP contribution is 2.10. The Kier molecular flexibility index (Phi) is 4.62. The molecule has 1 fully saturated rings. The molecule has 7 nitrogen and oxygen atoms in total. The van der Waals surface area contributed by atoms with Crippen molar-refractivity contribution < 1.29 is 4.79 Å².